The van der Waals surface area contributed by atoms with E-state index in [0.717, 1.165) is 19.5 Å². The van der Waals surface area contributed by atoms with Crippen molar-refractivity contribution in [3.05, 3.63) is 0 Å². The van der Waals surface area contributed by atoms with E-state index in [4.69, 9.17) is 0 Å². The second kappa shape index (κ2) is 3.23. The van der Waals surface area contributed by atoms with E-state index in [1.54, 1.807) is 0 Å². The van der Waals surface area contributed by atoms with Gasteiger partial charge >= 0.3 is 0 Å². The van der Waals surface area contributed by atoms with E-state index in [0.29, 0.717) is 17.9 Å². The lowest BCUT2D eigenvalue weighted by molar-refractivity contribution is -0.129. The molecule has 2 aliphatic rings. The topological polar surface area (TPSA) is 41.1 Å². The molecule has 1 heterocycles. The second-order valence-corrected chi connectivity index (χ2v) is 5.22. The summed E-state index contributed by atoms with van der Waals surface area (Å²) >= 11 is 0. The number of carbonyl (C=O) groups is 1. The Balaban J connectivity index is 1.84. The fourth-order valence-corrected chi connectivity index (χ4v) is 2.14. The Morgan fingerprint density at radius 3 is 2.50 bits per heavy atom. The van der Waals surface area contributed by atoms with Crippen LogP contribution in [0.15, 0.2) is 0 Å². The zero-order valence-electron chi connectivity index (χ0n) is 9.26. The molecule has 0 spiro atoms. The Morgan fingerprint density at radius 1 is 1.43 bits per heavy atom. The van der Waals surface area contributed by atoms with Gasteiger partial charge in [0.1, 0.15) is 0 Å². The molecule has 3 heteroatoms. The van der Waals surface area contributed by atoms with Crippen molar-refractivity contribution in [2.24, 2.45) is 17.3 Å². The minimum Gasteiger partial charge on any atom is -0.352 e. The SMILES string of the molecule is CCC(C)(C)C(=O)NC1C2CNCC21. The summed E-state index contributed by atoms with van der Waals surface area (Å²) in [4.78, 5) is 11.8. The summed E-state index contributed by atoms with van der Waals surface area (Å²) in [6, 6.07) is 0.467. The molecule has 2 atom stereocenters. The van der Waals surface area contributed by atoms with E-state index in [-0.39, 0.29) is 11.3 Å². The van der Waals surface area contributed by atoms with E-state index >= 15 is 0 Å². The third-order valence-corrected chi connectivity index (χ3v) is 3.89. The number of fused-ring (bicyclic) bond motifs is 1. The maximum absolute atomic E-state index is 11.8. The van der Waals surface area contributed by atoms with Crippen molar-refractivity contribution in [2.75, 3.05) is 13.1 Å². The van der Waals surface area contributed by atoms with Gasteiger partial charge in [0.2, 0.25) is 5.91 Å². The zero-order chi connectivity index (χ0) is 10.3. The maximum Gasteiger partial charge on any atom is 0.225 e. The molecule has 0 aromatic heterocycles. The molecule has 1 aliphatic heterocycles. The average molecular weight is 196 g/mol. The monoisotopic (exact) mass is 196 g/mol. The highest BCUT2D eigenvalue weighted by atomic mass is 16.2. The lowest BCUT2D eigenvalue weighted by Crippen LogP contribution is -2.40. The van der Waals surface area contributed by atoms with Crippen LogP contribution in [-0.4, -0.2) is 25.0 Å². The lowest BCUT2D eigenvalue weighted by atomic mass is 9.89. The first-order chi connectivity index (χ1) is 6.56. The van der Waals surface area contributed by atoms with Crippen molar-refractivity contribution < 1.29 is 4.79 Å². The van der Waals surface area contributed by atoms with Crippen molar-refractivity contribution in [3.63, 3.8) is 0 Å². The summed E-state index contributed by atoms with van der Waals surface area (Å²) in [5, 5.41) is 6.49. The summed E-state index contributed by atoms with van der Waals surface area (Å²) in [6.07, 6.45) is 0.902. The van der Waals surface area contributed by atoms with Gasteiger partial charge in [0.05, 0.1) is 0 Å². The second-order valence-electron chi connectivity index (χ2n) is 5.22. The van der Waals surface area contributed by atoms with Gasteiger partial charge in [-0.3, -0.25) is 4.79 Å². The highest BCUT2D eigenvalue weighted by Gasteiger charge is 2.54. The van der Waals surface area contributed by atoms with E-state index < -0.39 is 0 Å². The van der Waals surface area contributed by atoms with Crippen LogP contribution in [0.2, 0.25) is 0 Å². The highest BCUT2D eigenvalue weighted by molar-refractivity contribution is 5.82. The quantitative estimate of drug-likeness (QED) is 0.699. The van der Waals surface area contributed by atoms with Crippen molar-refractivity contribution in [1.82, 2.24) is 10.6 Å². The van der Waals surface area contributed by atoms with Gasteiger partial charge in [0, 0.05) is 24.5 Å². The Hall–Kier alpha value is -0.570. The molecule has 80 valence electrons. The first-order valence-electron chi connectivity index (χ1n) is 5.58. The van der Waals surface area contributed by atoms with Crippen LogP contribution in [0, 0.1) is 17.3 Å². The van der Waals surface area contributed by atoms with Crippen LogP contribution in [-0.2, 0) is 4.79 Å². The summed E-state index contributed by atoms with van der Waals surface area (Å²) in [7, 11) is 0. The van der Waals surface area contributed by atoms with Crippen LogP contribution in [0.3, 0.4) is 0 Å². The number of hydrogen-bond donors (Lipinski definition) is 2. The molecule has 14 heavy (non-hydrogen) atoms. The van der Waals surface area contributed by atoms with E-state index in [1.807, 2.05) is 13.8 Å². The van der Waals surface area contributed by atoms with Gasteiger partial charge in [-0.25, -0.2) is 0 Å². The molecule has 2 fully saturated rings. The minimum atomic E-state index is -0.204. The van der Waals surface area contributed by atoms with Crippen molar-refractivity contribution in [1.29, 1.82) is 0 Å². The number of rotatable bonds is 3. The number of carbonyl (C=O) groups excluding carboxylic acids is 1. The molecule has 2 unspecified atom stereocenters. The lowest BCUT2D eigenvalue weighted by Gasteiger charge is -2.22. The third kappa shape index (κ3) is 1.54. The normalized spacial score (nSPS) is 35.2. The molecule has 0 bridgehead atoms. The van der Waals surface area contributed by atoms with Crippen LogP contribution >= 0.6 is 0 Å². The molecule has 2 rings (SSSR count). The predicted molar refractivity (Wildman–Crippen MR) is 55.9 cm³/mol. The summed E-state index contributed by atoms with van der Waals surface area (Å²) in [5.41, 5.74) is -0.204. The molecule has 1 aliphatic carbocycles. The standard InChI is InChI=1S/C11H20N2O/c1-4-11(2,3)10(14)13-9-7-5-12-6-8(7)9/h7-9,12H,4-6H2,1-3H3,(H,13,14). The van der Waals surface area contributed by atoms with Gasteiger partial charge in [-0.15, -0.1) is 0 Å². The minimum absolute atomic E-state index is 0.204. The van der Waals surface area contributed by atoms with Gasteiger partial charge in [0.15, 0.2) is 0 Å². The zero-order valence-corrected chi connectivity index (χ0v) is 9.26. The van der Waals surface area contributed by atoms with Crippen LogP contribution in [0.25, 0.3) is 0 Å². The molecule has 1 amide bonds. The first-order valence-corrected chi connectivity index (χ1v) is 5.58. The van der Waals surface area contributed by atoms with E-state index in [9.17, 15) is 4.79 Å². The molecule has 2 N–H and O–H groups in total. The van der Waals surface area contributed by atoms with Gasteiger partial charge < -0.3 is 10.6 Å². The smallest absolute Gasteiger partial charge is 0.225 e. The molecule has 3 nitrogen and oxygen atoms in total. The number of piperidine rings is 1. The predicted octanol–water partition coefficient (Wildman–Crippen LogP) is 0.757. The summed E-state index contributed by atoms with van der Waals surface area (Å²) in [5.74, 6) is 1.65. The van der Waals surface area contributed by atoms with Crippen LogP contribution in [0.1, 0.15) is 27.2 Å². The summed E-state index contributed by atoms with van der Waals surface area (Å²) in [6.45, 7) is 8.26. The van der Waals surface area contributed by atoms with E-state index in [1.165, 1.54) is 0 Å². The van der Waals surface area contributed by atoms with Crippen LogP contribution in [0.4, 0.5) is 0 Å². The largest absolute Gasteiger partial charge is 0.352 e. The molecular formula is C11H20N2O. The molecule has 1 saturated carbocycles. The van der Waals surface area contributed by atoms with Gasteiger partial charge in [-0.05, 0) is 18.3 Å². The Morgan fingerprint density at radius 2 is 2.00 bits per heavy atom. The maximum atomic E-state index is 11.8. The fraction of sp³-hybridized carbons (Fsp3) is 0.909. The molecule has 1 saturated heterocycles. The van der Waals surface area contributed by atoms with Gasteiger partial charge in [-0.2, -0.15) is 0 Å². The van der Waals surface area contributed by atoms with Gasteiger partial charge in [0.25, 0.3) is 0 Å². The van der Waals surface area contributed by atoms with Crippen molar-refractivity contribution in [3.8, 4) is 0 Å². The third-order valence-electron chi connectivity index (χ3n) is 3.89. The number of nitrogens with one attached hydrogen (secondary N) is 2. The van der Waals surface area contributed by atoms with Crippen LogP contribution < -0.4 is 10.6 Å². The van der Waals surface area contributed by atoms with Crippen molar-refractivity contribution >= 4 is 5.91 Å². The number of amides is 1. The first kappa shape index (κ1) is 9.97. The highest BCUT2D eigenvalue weighted by Crippen LogP contribution is 2.42. The molecule has 0 radical (unpaired) electrons. The summed E-state index contributed by atoms with van der Waals surface area (Å²) < 4.78 is 0. The fourth-order valence-electron chi connectivity index (χ4n) is 2.14. The average Bonchev–Trinajstić information content (AvgIpc) is 2.64. The molecule has 0 aromatic carbocycles. The number of hydrogen-bond acceptors (Lipinski definition) is 2. The molecule has 0 aromatic rings. The van der Waals surface area contributed by atoms with Crippen LogP contribution in [0.5, 0.6) is 0 Å². The van der Waals surface area contributed by atoms with E-state index in [2.05, 4.69) is 17.6 Å². The van der Waals surface area contributed by atoms with Crippen molar-refractivity contribution in [2.45, 2.75) is 33.2 Å². The Kier molecular flexibility index (Phi) is 2.30. The molecular weight excluding hydrogens is 176 g/mol. The van der Waals surface area contributed by atoms with Gasteiger partial charge in [-0.1, -0.05) is 20.8 Å². The Labute approximate surface area is 85.6 Å². The Bertz CT molecular complexity index is 240.